The van der Waals surface area contributed by atoms with Gasteiger partial charge in [-0.2, -0.15) is 4.98 Å². The van der Waals surface area contributed by atoms with Gasteiger partial charge >= 0.3 is 5.97 Å². The summed E-state index contributed by atoms with van der Waals surface area (Å²) in [6, 6.07) is 15.1. The molecule has 0 aliphatic carbocycles. The number of para-hydroxylation sites is 1. The van der Waals surface area contributed by atoms with Crippen molar-refractivity contribution < 1.29 is 9.53 Å². The summed E-state index contributed by atoms with van der Waals surface area (Å²) >= 11 is 0. The predicted molar refractivity (Wildman–Crippen MR) is 107 cm³/mol. The van der Waals surface area contributed by atoms with Gasteiger partial charge in [0.1, 0.15) is 5.82 Å². The Hall–Kier alpha value is -3.41. The van der Waals surface area contributed by atoms with Gasteiger partial charge < -0.3 is 15.4 Å². The van der Waals surface area contributed by atoms with Crippen molar-refractivity contribution in [3.63, 3.8) is 0 Å². The molecule has 0 saturated heterocycles. The minimum atomic E-state index is -0.417. The van der Waals surface area contributed by atoms with E-state index in [1.54, 1.807) is 18.2 Å². The highest BCUT2D eigenvalue weighted by Crippen LogP contribution is 2.24. The molecule has 0 amide bonds. The van der Waals surface area contributed by atoms with E-state index < -0.39 is 5.97 Å². The number of anilines is 4. The number of aromatic nitrogens is 2. The van der Waals surface area contributed by atoms with Gasteiger partial charge in [0.15, 0.2) is 0 Å². The van der Waals surface area contributed by atoms with Crippen molar-refractivity contribution in [3.8, 4) is 0 Å². The van der Waals surface area contributed by atoms with Crippen LogP contribution in [0.15, 0.2) is 48.5 Å². The summed E-state index contributed by atoms with van der Waals surface area (Å²) in [6.07, 6.45) is 0. The van der Waals surface area contributed by atoms with E-state index in [1.165, 1.54) is 18.2 Å². The zero-order valence-corrected chi connectivity index (χ0v) is 15.8. The van der Waals surface area contributed by atoms with Crippen molar-refractivity contribution in [2.45, 2.75) is 20.8 Å². The summed E-state index contributed by atoms with van der Waals surface area (Å²) in [5, 5.41) is 6.46. The third-order valence-corrected chi connectivity index (χ3v) is 4.30. The molecule has 3 aromatic rings. The summed E-state index contributed by atoms with van der Waals surface area (Å²) in [4.78, 5) is 20.9. The van der Waals surface area contributed by atoms with Gasteiger partial charge in [-0.25, -0.2) is 9.78 Å². The van der Waals surface area contributed by atoms with Crippen LogP contribution in [0.1, 0.15) is 27.2 Å². The molecule has 0 atom stereocenters. The van der Waals surface area contributed by atoms with Crippen LogP contribution in [0.2, 0.25) is 0 Å². The first-order chi connectivity index (χ1) is 13.0. The van der Waals surface area contributed by atoms with Crippen LogP contribution in [0.25, 0.3) is 0 Å². The van der Waals surface area contributed by atoms with Gasteiger partial charge in [0.05, 0.1) is 18.4 Å². The fraction of sp³-hybridized carbons (Fsp3) is 0.190. The molecule has 1 heterocycles. The molecule has 27 heavy (non-hydrogen) atoms. The Morgan fingerprint density at radius 1 is 0.926 bits per heavy atom. The van der Waals surface area contributed by atoms with Gasteiger partial charge in [0.25, 0.3) is 0 Å². The minimum absolute atomic E-state index is 0.402. The number of nitrogens with one attached hydrogen (secondary N) is 2. The second kappa shape index (κ2) is 7.86. The summed E-state index contributed by atoms with van der Waals surface area (Å²) in [5.41, 5.74) is 5.18. The lowest BCUT2D eigenvalue weighted by Gasteiger charge is -2.14. The molecule has 0 fully saturated rings. The van der Waals surface area contributed by atoms with Crippen LogP contribution in [0.4, 0.5) is 23.1 Å². The van der Waals surface area contributed by atoms with Crippen molar-refractivity contribution in [1.29, 1.82) is 0 Å². The number of hydrogen-bond donors (Lipinski definition) is 2. The molecular weight excluding hydrogens is 340 g/mol. The lowest BCUT2D eigenvalue weighted by molar-refractivity contribution is 0.0602. The molecule has 0 saturated carbocycles. The molecule has 138 valence electrons. The third-order valence-electron chi connectivity index (χ3n) is 4.30. The van der Waals surface area contributed by atoms with E-state index in [0.29, 0.717) is 23.0 Å². The number of benzene rings is 2. The number of esters is 1. The molecule has 1 aromatic heterocycles. The van der Waals surface area contributed by atoms with Crippen molar-refractivity contribution in [3.05, 3.63) is 70.9 Å². The molecule has 0 aliphatic rings. The Labute approximate surface area is 158 Å². The maximum Gasteiger partial charge on any atom is 0.339 e. The highest BCUT2D eigenvalue weighted by Gasteiger charge is 2.13. The van der Waals surface area contributed by atoms with Crippen molar-refractivity contribution in [1.82, 2.24) is 9.97 Å². The van der Waals surface area contributed by atoms with Gasteiger partial charge in [-0.05, 0) is 50.1 Å². The van der Waals surface area contributed by atoms with E-state index in [9.17, 15) is 4.79 Å². The van der Waals surface area contributed by atoms with Gasteiger partial charge in [0, 0.05) is 17.4 Å². The van der Waals surface area contributed by atoms with Gasteiger partial charge in [-0.1, -0.05) is 24.3 Å². The maximum absolute atomic E-state index is 12.0. The second-order valence-electron chi connectivity index (χ2n) is 6.25. The number of carbonyl (C=O) groups is 1. The van der Waals surface area contributed by atoms with E-state index in [0.717, 1.165) is 11.4 Å². The first-order valence-corrected chi connectivity index (χ1v) is 8.61. The van der Waals surface area contributed by atoms with Crippen LogP contribution >= 0.6 is 0 Å². The van der Waals surface area contributed by atoms with Crippen LogP contribution in [0.5, 0.6) is 0 Å². The summed E-state index contributed by atoms with van der Waals surface area (Å²) in [7, 11) is 1.36. The number of methoxy groups -OCH3 is 1. The number of carbonyl (C=O) groups excluding carboxylic acids is 1. The largest absolute Gasteiger partial charge is 0.465 e. The maximum atomic E-state index is 12.0. The predicted octanol–water partition coefficient (Wildman–Crippen LogP) is 4.68. The summed E-state index contributed by atoms with van der Waals surface area (Å²) in [5.74, 6) is 0.660. The minimum Gasteiger partial charge on any atom is -0.465 e. The van der Waals surface area contributed by atoms with Crippen LogP contribution < -0.4 is 10.6 Å². The van der Waals surface area contributed by atoms with Gasteiger partial charge in [0.2, 0.25) is 5.95 Å². The second-order valence-corrected chi connectivity index (χ2v) is 6.25. The number of hydrogen-bond acceptors (Lipinski definition) is 6. The molecule has 0 unspecified atom stereocenters. The molecular formula is C21H22N4O2. The van der Waals surface area contributed by atoms with Crippen LogP contribution in [-0.2, 0) is 4.74 Å². The van der Waals surface area contributed by atoms with Crippen molar-refractivity contribution in [2.24, 2.45) is 0 Å². The number of aryl methyl sites for hydroxylation is 2. The Bertz CT molecular complexity index is 986. The van der Waals surface area contributed by atoms with E-state index in [4.69, 9.17) is 4.74 Å². The Morgan fingerprint density at radius 2 is 1.67 bits per heavy atom. The summed E-state index contributed by atoms with van der Waals surface area (Å²) in [6.45, 7) is 6.04. The Morgan fingerprint density at radius 3 is 2.44 bits per heavy atom. The normalized spacial score (nSPS) is 10.4. The smallest absolute Gasteiger partial charge is 0.339 e. The molecule has 0 spiro atoms. The highest BCUT2D eigenvalue weighted by atomic mass is 16.5. The molecule has 3 rings (SSSR count). The van der Waals surface area contributed by atoms with Crippen molar-refractivity contribution in [2.75, 3.05) is 17.7 Å². The highest BCUT2D eigenvalue weighted by molar-refractivity contribution is 5.96. The van der Waals surface area contributed by atoms with E-state index in [-0.39, 0.29) is 0 Å². The summed E-state index contributed by atoms with van der Waals surface area (Å²) < 4.78 is 4.83. The number of ether oxygens (including phenoxy) is 1. The molecule has 6 nitrogen and oxygen atoms in total. The first kappa shape index (κ1) is 18.4. The quantitative estimate of drug-likeness (QED) is 0.642. The first-order valence-electron chi connectivity index (χ1n) is 8.61. The molecule has 6 heteroatoms. The molecule has 0 radical (unpaired) electrons. The topological polar surface area (TPSA) is 76.1 Å². The molecule has 2 aromatic carbocycles. The zero-order valence-electron chi connectivity index (χ0n) is 15.8. The molecule has 2 N–H and O–H groups in total. The molecule has 0 aliphatic heterocycles. The lowest BCUT2D eigenvalue weighted by Crippen LogP contribution is -2.08. The fourth-order valence-electron chi connectivity index (χ4n) is 2.71. The number of nitrogens with zero attached hydrogens (tertiary/aromatic N) is 2. The van der Waals surface area contributed by atoms with E-state index >= 15 is 0 Å². The molecule has 0 bridgehead atoms. The van der Waals surface area contributed by atoms with Crippen molar-refractivity contribution >= 4 is 29.1 Å². The monoisotopic (exact) mass is 362 g/mol. The number of rotatable bonds is 5. The SMILES string of the molecule is COC(=O)c1ccccc1Nc1nc(C)cc(Nc2cccc(C)c2C)n1. The standard InChI is InChI=1S/C21H22N4O2/c1-13-8-7-11-17(15(13)3)23-19-12-14(2)22-21(25-19)24-18-10-6-5-9-16(18)20(26)27-4/h5-12H,1-4H3,(H2,22,23,24,25). The Balaban J connectivity index is 1.91. The lowest BCUT2D eigenvalue weighted by atomic mass is 10.1. The average Bonchev–Trinajstić information content (AvgIpc) is 2.65. The Kier molecular flexibility index (Phi) is 5.35. The van der Waals surface area contributed by atoms with Crippen LogP contribution in [-0.4, -0.2) is 23.0 Å². The van der Waals surface area contributed by atoms with Gasteiger partial charge in [-0.3, -0.25) is 0 Å². The fourth-order valence-corrected chi connectivity index (χ4v) is 2.71. The zero-order chi connectivity index (χ0) is 19.4. The average molecular weight is 362 g/mol. The third kappa shape index (κ3) is 4.23. The van der Waals surface area contributed by atoms with E-state index in [2.05, 4.69) is 40.5 Å². The van der Waals surface area contributed by atoms with E-state index in [1.807, 2.05) is 31.2 Å². The van der Waals surface area contributed by atoms with Gasteiger partial charge in [-0.15, -0.1) is 0 Å². The van der Waals surface area contributed by atoms with Crippen LogP contribution in [0, 0.1) is 20.8 Å². The van der Waals surface area contributed by atoms with Crippen LogP contribution in [0.3, 0.4) is 0 Å².